The molecule has 0 aromatic carbocycles. The second kappa shape index (κ2) is 7.74. The number of hydrogen-bond donors (Lipinski definition) is 2. The molecule has 1 aliphatic carbocycles. The minimum Gasteiger partial charge on any atom is -0.480 e. The highest BCUT2D eigenvalue weighted by Crippen LogP contribution is 2.37. The van der Waals surface area contributed by atoms with Gasteiger partial charge in [0.25, 0.3) is 0 Å². The summed E-state index contributed by atoms with van der Waals surface area (Å²) in [7, 11) is 0. The zero-order chi connectivity index (χ0) is 17.1. The molecule has 0 amide bonds. The largest absolute Gasteiger partial charge is 0.480 e. The number of carboxylic acid groups (broad SMARTS) is 1. The maximum atomic E-state index is 10.8. The van der Waals surface area contributed by atoms with Gasteiger partial charge in [0, 0.05) is 22.9 Å². The summed E-state index contributed by atoms with van der Waals surface area (Å²) in [5, 5.41) is 9.94. The van der Waals surface area contributed by atoms with E-state index in [2.05, 4.69) is 16.1 Å². The van der Waals surface area contributed by atoms with Gasteiger partial charge in [-0.3, -0.25) is 14.8 Å². The fraction of sp³-hybridized carbons (Fsp3) is 0.312. The Morgan fingerprint density at radius 1 is 1.46 bits per heavy atom. The van der Waals surface area contributed by atoms with Crippen molar-refractivity contribution in [3.63, 3.8) is 0 Å². The van der Waals surface area contributed by atoms with Gasteiger partial charge in [-0.1, -0.05) is 47.3 Å². The summed E-state index contributed by atoms with van der Waals surface area (Å²) >= 11 is 9.38. The number of carbonyl (C=O) groups is 1. The zero-order valence-electron chi connectivity index (χ0n) is 12.6. The van der Waals surface area contributed by atoms with Crippen LogP contribution in [0.25, 0.3) is 0 Å². The molecule has 1 aliphatic heterocycles. The first-order valence-electron chi connectivity index (χ1n) is 7.37. The number of halogens is 1. The number of thioether (sulfide) groups is 2. The minimum absolute atomic E-state index is 0.114. The average molecular weight is 382 g/mol. The van der Waals surface area contributed by atoms with Gasteiger partial charge in [-0.2, -0.15) is 0 Å². The van der Waals surface area contributed by atoms with E-state index in [9.17, 15) is 4.79 Å². The van der Waals surface area contributed by atoms with E-state index in [1.165, 1.54) is 0 Å². The fourth-order valence-corrected chi connectivity index (χ4v) is 4.81. The normalized spacial score (nSPS) is 23.4. The number of aliphatic imine (C=N–C) groups is 1. The van der Waals surface area contributed by atoms with Crippen molar-refractivity contribution in [1.82, 2.24) is 4.98 Å². The Hall–Kier alpha value is -1.28. The Morgan fingerprint density at radius 2 is 2.25 bits per heavy atom. The third kappa shape index (κ3) is 4.42. The van der Waals surface area contributed by atoms with Crippen LogP contribution in [0.2, 0.25) is 0 Å². The van der Waals surface area contributed by atoms with Crippen molar-refractivity contribution in [3.8, 4) is 0 Å². The molecule has 126 valence electrons. The molecule has 3 unspecified atom stereocenters. The number of nitrogens with two attached hydrogens (primary N) is 1. The molecule has 3 rings (SSSR count). The minimum atomic E-state index is -1.02. The lowest BCUT2D eigenvalue weighted by atomic mass is 10.1. The summed E-state index contributed by atoms with van der Waals surface area (Å²) in [6, 6.07) is 4.78. The topological polar surface area (TPSA) is 88.6 Å². The van der Waals surface area contributed by atoms with E-state index in [4.69, 9.17) is 22.4 Å². The van der Waals surface area contributed by atoms with E-state index in [0.29, 0.717) is 16.7 Å². The van der Waals surface area contributed by atoms with Gasteiger partial charge in [-0.25, -0.2) is 0 Å². The van der Waals surface area contributed by atoms with E-state index in [0.717, 1.165) is 15.1 Å². The van der Waals surface area contributed by atoms with Gasteiger partial charge in [0.2, 0.25) is 0 Å². The number of nitrogens with zero attached hydrogens (tertiary/aromatic N) is 2. The van der Waals surface area contributed by atoms with Crippen LogP contribution in [0.4, 0.5) is 0 Å². The molecular weight excluding hydrogens is 366 g/mol. The molecule has 8 heteroatoms. The van der Waals surface area contributed by atoms with Gasteiger partial charge in [-0.15, -0.1) is 0 Å². The van der Waals surface area contributed by atoms with Gasteiger partial charge >= 0.3 is 5.97 Å². The van der Waals surface area contributed by atoms with Crippen LogP contribution >= 0.6 is 35.1 Å². The predicted octanol–water partition coefficient (Wildman–Crippen LogP) is 2.80. The van der Waals surface area contributed by atoms with E-state index < -0.39 is 12.0 Å². The fourth-order valence-electron chi connectivity index (χ4n) is 2.35. The molecule has 1 aromatic heterocycles. The van der Waals surface area contributed by atoms with Crippen LogP contribution in [0, 0.1) is 0 Å². The summed E-state index contributed by atoms with van der Waals surface area (Å²) in [4.78, 5) is 20.0. The highest BCUT2D eigenvalue weighted by atomic mass is 35.5. The predicted molar refractivity (Wildman–Crippen MR) is 101 cm³/mol. The van der Waals surface area contributed by atoms with Crippen LogP contribution < -0.4 is 5.73 Å². The van der Waals surface area contributed by atoms with Crippen LogP contribution in [0.3, 0.4) is 0 Å². The number of aromatic nitrogens is 1. The highest BCUT2D eigenvalue weighted by molar-refractivity contribution is 8.39. The summed E-state index contributed by atoms with van der Waals surface area (Å²) in [6.45, 7) is 0. The van der Waals surface area contributed by atoms with Crippen molar-refractivity contribution in [2.24, 2.45) is 10.7 Å². The number of pyridine rings is 1. The van der Waals surface area contributed by atoms with Crippen molar-refractivity contribution < 1.29 is 9.90 Å². The highest BCUT2D eigenvalue weighted by Gasteiger charge is 2.29. The molecule has 0 bridgehead atoms. The molecule has 5 nitrogen and oxygen atoms in total. The van der Waals surface area contributed by atoms with Crippen LogP contribution in [-0.4, -0.2) is 37.8 Å². The van der Waals surface area contributed by atoms with Crippen molar-refractivity contribution >= 4 is 45.5 Å². The molecule has 24 heavy (non-hydrogen) atoms. The summed E-state index contributed by atoms with van der Waals surface area (Å²) in [6.07, 6.45) is 6.19. The number of allylic oxidation sites excluding steroid dienone is 2. The molecule has 0 fully saturated rings. The van der Waals surface area contributed by atoms with Gasteiger partial charge in [0.05, 0.1) is 17.0 Å². The first kappa shape index (κ1) is 17.5. The SMILES string of the molecule is NC(Cc1cccc(CSC2=NC3C=C(Cl)C=CC3S2)n1)C(=O)O. The van der Waals surface area contributed by atoms with E-state index in [1.807, 2.05) is 24.3 Å². The van der Waals surface area contributed by atoms with Crippen LogP contribution in [0.5, 0.6) is 0 Å². The molecule has 0 spiro atoms. The quantitative estimate of drug-likeness (QED) is 0.815. The lowest BCUT2D eigenvalue weighted by Gasteiger charge is -2.12. The Balaban J connectivity index is 1.59. The van der Waals surface area contributed by atoms with Crippen molar-refractivity contribution in [3.05, 3.63) is 52.8 Å². The molecule has 0 radical (unpaired) electrons. The van der Waals surface area contributed by atoms with E-state index in [-0.39, 0.29) is 12.5 Å². The lowest BCUT2D eigenvalue weighted by molar-refractivity contribution is -0.138. The first-order valence-corrected chi connectivity index (χ1v) is 9.61. The maximum absolute atomic E-state index is 10.8. The zero-order valence-corrected chi connectivity index (χ0v) is 15.0. The van der Waals surface area contributed by atoms with E-state index >= 15 is 0 Å². The lowest BCUT2D eigenvalue weighted by Crippen LogP contribution is -2.32. The second-order valence-electron chi connectivity index (χ2n) is 5.44. The molecule has 2 aliphatic rings. The van der Waals surface area contributed by atoms with Crippen LogP contribution in [0.1, 0.15) is 11.4 Å². The van der Waals surface area contributed by atoms with Gasteiger partial charge in [-0.05, 0) is 24.3 Å². The molecular formula is C16H16ClN3O2S2. The Morgan fingerprint density at radius 3 is 3.04 bits per heavy atom. The number of carboxylic acids is 1. The molecule has 1 aromatic rings. The summed E-state index contributed by atoms with van der Waals surface area (Å²) in [5.41, 5.74) is 7.14. The molecule has 3 N–H and O–H groups in total. The number of rotatable bonds is 5. The number of fused-ring (bicyclic) bond motifs is 1. The summed E-state index contributed by atoms with van der Waals surface area (Å²) in [5.74, 6) is -0.335. The average Bonchev–Trinajstić information content (AvgIpc) is 2.95. The van der Waals surface area contributed by atoms with Crippen molar-refractivity contribution in [2.45, 2.75) is 29.5 Å². The Bertz CT molecular complexity index is 736. The standard InChI is InChI=1S/C16H16ClN3O2S2/c17-9-4-5-14-13(6-9)20-16(24-14)23-8-11-3-1-2-10(19-11)7-12(18)15(21)22/h1-6,12-14H,7-8,18H2,(H,21,22). The van der Waals surface area contributed by atoms with Crippen LogP contribution in [0.15, 0.2) is 46.5 Å². The monoisotopic (exact) mass is 381 g/mol. The van der Waals surface area contributed by atoms with Crippen molar-refractivity contribution in [1.29, 1.82) is 0 Å². The van der Waals surface area contributed by atoms with Crippen molar-refractivity contribution in [2.75, 3.05) is 0 Å². The van der Waals surface area contributed by atoms with Gasteiger partial charge in [0.15, 0.2) is 0 Å². The molecule has 3 atom stereocenters. The number of aliphatic carboxylic acids is 1. The summed E-state index contributed by atoms with van der Waals surface area (Å²) < 4.78 is 1.02. The number of hydrogen-bond acceptors (Lipinski definition) is 6. The second-order valence-corrected chi connectivity index (χ2v) is 8.26. The molecule has 2 heterocycles. The maximum Gasteiger partial charge on any atom is 0.320 e. The Labute approximate surface area is 153 Å². The smallest absolute Gasteiger partial charge is 0.320 e. The Kier molecular flexibility index (Phi) is 5.65. The van der Waals surface area contributed by atoms with Gasteiger partial charge < -0.3 is 10.8 Å². The molecule has 0 saturated carbocycles. The third-order valence-corrected chi connectivity index (χ3v) is 6.26. The first-order chi connectivity index (χ1) is 11.5. The van der Waals surface area contributed by atoms with Crippen LogP contribution in [-0.2, 0) is 17.0 Å². The molecule has 0 saturated heterocycles. The van der Waals surface area contributed by atoms with E-state index in [1.54, 1.807) is 29.6 Å². The third-order valence-electron chi connectivity index (χ3n) is 3.56. The van der Waals surface area contributed by atoms with Gasteiger partial charge in [0.1, 0.15) is 10.4 Å².